The average molecular weight is 336 g/mol. The highest BCUT2D eigenvalue weighted by Gasteiger charge is 2.16. The predicted octanol–water partition coefficient (Wildman–Crippen LogP) is 0.0115. The van der Waals surface area contributed by atoms with Gasteiger partial charge in [-0.25, -0.2) is 31.5 Å². The van der Waals surface area contributed by atoms with Crippen LogP contribution >= 0.6 is 0 Å². The van der Waals surface area contributed by atoms with Gasteiger partial charge in [0.1, 0.15) is 4.90 Å². The van der Waals surface area contributed by atoms with Gasteiger partial charge in [0.05, 0.1) is 18.1 Å². The highest BCUT2D eigenvalue weighted by atomic mass is 32.2. The molecule has 1 aromatic rings. The van der Waals surface area contributed by atoms with E-state index in [2.05, 4.69) is 20.0 Å². The van der Waals surface area contributed by atoms with Crippen molar-refractivity contribution in [2.45, 2.75) is 25.2 Å². The number of sulfonamides is 1. The van der Waals surface area contributed by atoms with Crippen LogP contribution in [0.4, 0.5) is 5.95 Å². The Hall–Kier alpha value is -1.26. The number of nitrogens with one attached hydrogen (secondary N) is 2. The summed E-state index contributed by atoms with van der Waals surface area (Å²) in [6, 6.07) is 0. The molecule has 0 unspecified atom stereocenters. The van der Waals surface area contributed by atoms with E-state index in [0.29, 0.717) is 12.5 Å². The van der Waals surface area contributed by atoms with Crippen molar-refractivity contribution in [1.29, 1.82) is 0 Å². The van der Waals surface area contributed by atoms with Gasteiger partial charge in [-0.3, -0.25) is 0 Å². The Balaban J connectivity index is 2.66. The van der Waals surface area contributed by atoms with Crippen LogP contribution in [0.2, 0.25) is 0 Å². The molecule has 8 nitrogen and oxygen atoms in total. The van der Waals surface area contributed by atoms with Gasteiger partial charge >= 0.3 is 0 Å². The minimum atomic E-state index is -3.80. The normalized spacial score (nSPS) is 12.3. The number of nitrogens with zero attached hydrogens (tertiary/aromatic N) is 2. The Bertz CT molecular complexity index is 641. The second kappa shape index (κ2) is 7.66. The number of hydrogen-bond acceptors (Lipinski definition) is 7. The Morgan fingerprint density at radius 1 is 1.05 bits per heavy atom. The molecular weight excluding hydrogens is 316 g/mol. The van der Waals surface area contributed by atoms with Crippen LogP contribution in [0.1, 0.15) is 20.3 Å². The third kappa shape index (κ3) is 5.94. The van der Waals surface area contributed by atoms with Gasteiger partial charge in [0.15, 0.2) is 9.84 Å². The molecule has 21 heavy (non-hydrogen) atoms. The van der Waals surface area contributed by atoms with Crippen LogP contribution in [-0.2, 0) is 19.9 Å². The molecule has 0 saturated heterocycles. The lowest BCUT2D eigenvalue weighted by atomic mass is 10.5. The van der Waals surface area contributed by atoms with E-state index in [9.17, 15) is 16.8 Å². The highest BCUT2D eigenvalue weighted by Crippen LogP contribution is 2.07. The molecule has 0 amide bonds. The molecule has 120 valence electrons. The van der Waals surface area contributed by atoms with Gasteiger partial charge in [0.2, 0.25) is 16.0 Å². The lowest BCUT2D eigenvalue weighted by Crippen LogP contribution is -2.30. The molecular formula is C11H20N4O4S2. The van der Waals surface area contributed by atoms with Crippen LogP contribution in [0.15, 0.2) is 17.3 Å². The van der Waals surface area contributed by atoms with Crippen LogP contribution in [-0.4, -0.2) is 51.4 Å². The molecule has 10 heteroatoms. The van der Waals surface area contributed by atoms with Crippen molar-refractivity contribution < 1.29 is 16.8 Å². The molecule has 1 rings (SSSR count). The van der Waals surface area contributed by atoms with E-state index in [1.54, 1.807) is 0 Å². The average Bonchev–Trinajstić information content (AvgIpc) is 2.45. The monoisotopic (exact) mass is 336 g/mol. The first-order valence-electron chi connectivity index (χ1n) is 6.56. The number of sulfone groups is 1. The molecule has 0 aliphatic rings. The first kappa shape index (κ1) is 17.8. The van der Waals surface area contributed by atoms with Crippen LogP contribution in [0.25, 0.3) is 0 Å². The molecule has 0 radical (unpaired) electrons. The van der Waals surface area contributed by atoms with E-state index >= 15 is 0 Å². The van der Waals surface area contributed by atoms with Crippen molar-refractivity contribution in [2.24, 2.45) is 0 Å². The fraction of sp³-hybridized carbons (Fsp3) is 0.636. The van der Waals surface area contributed by atoms with Crippen molar-refractivity contribution in [3.05, 3.63) is 12.4 Å². The zero-order valence-corrected chi connectivity index (χ0v) is 13.7. The van der Waals surface area contributed by atoms with Gasteiger partial charge < -0.3 is 5.32 Å². The van der Waals surface area contributed by atoms with Crippen LogP contribution in [0, 0.1) is 0 Å². The smallest absolute Gasteiger partial charge is 0.243 e. The summed E-state index contributed by atoms with van der Waals surface area (Å²) in [6.07, 6.45) is 3.26. The van der Waals surface area contributed by atoms with Gasteiger partial charge in [-0.15, -0.1) is 0 Å². The third-order valence-corrected chi connectivity index (χ3v) is 5.74. The minimum absolute atomic E-state index is 0.0182. The van der Waals surface area contributed by atoms with E-state index < -0.39 is 19.9 Å². The number of anilines is 1. The molecule has 0 spiro atoms. The zero-order chi connectivity index (χ0) is 15.9. The number of aromatic nitrogens is 2. The second-order valence-electron chi connectivity index (χ2n) is 4.30. The summed E-state index contributed by atoms with van der Waals surface area (Å²) < 4.78 is 48.7. The van der Waals surface area contributed by atoms with Gasteiger partial charge in [0.25, 0.3) is 0 Å². The molecule has 2 N–H and O–H groups in total. The molecule has 0 aliphatic carbocycles. The summed E-state index contributed by atoms with van der Waals surface area (Å²) in [5.41, 5.74) is 0. The SMILES string of the molecule is CCCNc1ncc(S(=O)(=O)NCCS(=O)(=O)CC)cn1. The molecule has 0 aliphatic heterocycles. The molecule has 0 bridgehead atoms. The summed E-state index contributed by atoms with van der Waals surface area (Å²) in [5.74, 6) is 0.0967. The number of rotatable bonds is 9. The molecule has 0 aromatic carbocycles. The standard InChI is InChI=1S/C11H20N4O4S2/c1-3-5-12-11-13-8-10(9-14-11)21(18,19)15-6-7-20(16,17)4-2/h8-9,15H,3-7H2,1-2H3,(H,12,13,14). The van der Waals surface area contributed by atoms with E-state index in [0.717, 1.165) is 6.42 Å². The maximum absolute atomic E-state index is 11.9. The predicted molar refractivity (Wildman–Crippen MR) is 80.3 cm³/mol. The summed E-state index contributed by atoms with van der Waals surface area (Å²) >= 11 is 0. The molecule has 0 saturated carbocycles. The zero-order valence-electron chi connectivity index (χ0n) is 12.0. The summed E-state index contributed by atoms with van der Waals surface area (Å²) in [7, 11) is -7.00. The molecule has 1 heterocycles. The number of hydrogen-bond donors (Lipinski definition) is 2. The summed E-state index contributed by atoms with van der Waals surface area (Å²) in [6.45, 7) is 4.02. The Morgan fingerprint density at radius 2 is 1.67 bits per heavy atom. The van der Waals surface area contributed by atoms with Crippen molar-refractivity contribution in [3.63, 3.8) is 0 Å². The van der Waals surface area contributed by atoms with Gasteiger partial charge in [-0.05, 0) is 6.42 Å². The van der Waals surface area contributed by atoms with E-state index in [-0.39, 0.29) is 22.9 Å². The fourth-order valence-electron chi connectivity index (χ4n) is 1.34. The van der Waals surface area contributed by atoms with Crippen molar-refractivity contribution in [3.8, 4) is 0 Å². The third-order valence-electron chi connectivity index (χ3n) is 2.62. The topological polar surface area (TPSA) is 118 Å². The molecule has 1 aromatic heterocycles. The Labute approximate surface area is 125 Å². The summed E-state index contributed by atoms with van der Waals surface area (Å²) in [5, 5.41) is 2.93. The van der Waals surface area contributed by atoms with E-state index in [4.69, 9.17) is 0 Å². The molecule has 0 fully saturated rings. The fourth-order valence-corrected chi connectivity index (χ4v) is 3.09. The molecule has 0 atom stereocenters. The van der Waals surface area contributed by atoms with Crippen LogP contribution in [0.3, 0.4) is 0 Å². The van der Waals surface area contributed by atoms with Gasteiger partial charge in [-0.2, -0.15) is 0 Å². The lowest BCUT2D eigenvalue weighted by Gasteiger charge is -2.07. The van der Waals surface area contributed by atoms with Crippen molar-refractivity contribution in [1.82, 2.24) is 14.7 Å². The maximum Gasteiger partial charge on any atom is 0.243 e. The van der Waals surface area contributed by atoms with Crippen LogP contribution in [0.5, 0.6) is 0 Å². The maximum atomic E-state index is 11.9. The first-order valence-corrected chi connectivity index (χ1v) is 9.87. The van der Waals surface area contributed by atoms with E-state index in [1.807, 2.05) is 6.92 Å². The minimum Gasteiger partial charge on any atom is -0.354 e. The highest BCUT2D eigenvalue weighted by molar-refractivity contribution is 7.91. The van der Waals surface area contributed by atoms with E-state index in [1.165, 1.54) is 19.3 Å². The Morgan fingerprint density at radius 3 is 2.19 bits per heavy atom. The van der Waals surface area contributed by atoms with Gasteiger partial charge in [-0.1, -0.05) is 13.8 Å². The van der Waals surface area contributed by atoms with Gasteiger partial charge in [0, 0.05) is 18.8 Å². The first-order chi connectivity index (χ1) is 9.80. The summed E-state index contributed by atoms with van der Waals surface area (Å²) in [4.78, 5) is 7.69. The largest absolute Gasteiger partial charge is 0.354 e. The van der Waals surface area contributed by atoms with Crippen molar-refractivity contribution in [2.75, 3.05) is 29.9 Å². The quantitative estimate of drug-likeness (QED) is 0.652. The lowest BCUT2D eigenvalue weighted by molar-refractivity contribution is 0.580. The Kier molecular flexibility index (Phi) is 6.49. The second-order valence-corrected chi connectivity index (χ2v) is 8.54. The van der Waals surface area contributed by atoms with Crippen molar-refractivity contribution >= 4 is 25.8 Å². The van der Waals surface area contributed by atoms with Crippen LogP contribution < -0.4 is 10.0 Å².